The number of nitrogens with one attached hydrogen (secondary N) is 1. The van der Waals surface area contributed by atoms with E-state index in [-0.39, 0.29) is 12.1 Å². The summed E-state index contributed by atoms with van der Waals surface area (Å²) in [6, 6.07) is 10.0. The van der Waals surface area contributed by atoms with Crippen LogP contribution in [0.4, 0.5) is 4.79 Å². The molecule has 0 saturated carbocycles. The van der Waals surface area contributed by atoms with Crippen LogP contribution < -0.4 is 5.32 Å². The maximum absolute atomic E-state index is 12.4. The minimum Gasteiger partial charge on any atom is -0.340 e. The van der Waals surface area contributed by atoms with E-state index in [1.54, 1.807) is 6.92 Å². The Labute approximate surface area is 142 Å². The normalized spacial score (nSPS) is 16.8. The molecular weight excluding hydrogens is 304 g/mol. The number of piperidine rings is 1. The lowest BCUT2D eigenvalue weighted by atomic mass is 9.93. The fourth-order valence-electron chi connectivity index (χ4n) is 3.12. The molecule has 1 aromatic carbocycles. The third kappa shape index (κ3) is 4.13. The van der Waals surface area contributed by atoms with Gasteiger partial charge >= 0.3 is 6.03 Å². The largest absolute Gasteiger partial charge is 0.340 e. The Kier molecular flexibility index (Phi) is 5.13. The summed E-state index contributed by atoms with van der Waals surface area (Å²) in [5.74, 6) is 1.89. The standard InChI is InChI=1S/C18H24N4O2/c1-13(16-6-4-3-5-7-16)19-18(23)22-10-8-15(9-11-22)12-17-20-14(2)24-21-17/h3-7,13,15H,8-12H2,1-2H3,(H,19,23)/t13-/m1/s1. The number of urea groups is 1. The fraction of sp³-hybridized carbons (Fsp3) is 0.500. The summed E-state index contributed by atoms with van der Waals surface area (Å²) in [6.07, 6.45) is 2.77. The van der Waals surface area contributed by atoms with Crippen molar-refractivity contribution >= 4 is 6.03 Å². The van der Waals surface area contributed by atoms with Crippen molar-refractivity contribution in [3.05, 3.63) is 47.6 Å². The molecule has 6 heteroatoms. The average molecular weight is 328 g/mol. The molecule has 1 aliphatic rings. The van der Waals surface area contributed by atoms with Gasteiger partial charge in [0.25, 0.3) is 0 Å². The van der Waals surface area contributed by atoms with Crippen molar-refractivity contribution in [2.75, 3.05) is 13.1 Å². The maximum atomic E-state index is 12.4. The zero-order valence-electron chi connectivity index (χ0n) is 14.2. The number of nitrogens with zero attached hydrogens (tertiary/aromatic N) is 3. The molecule has 1 N–H and O–H groups in total. The molecule has 3 rings (SSSR count). The minimum absolute atomic E-state index is 0.0127. The Morgan fingerprint density at radius 3 is 2.67 bits per heavy atom. The number of aryl methyl sites for hydroxylation is 1. The lowest BCUT2D eigenvalue weighted by Gasteiger charge is -2.32. The van der Waals surface area contributed by atoms with Crippen LogP contribution in [0.5, 0.6) is 0 Å². The molecule has 1 saturated heterocycles. The van der Waals surface area contributed by atoms with Gasteiger partial charge in [0.2, 0.25) is 5.89 Å². The van der Waals surface area contributed by atoms with Gasteiger partial charge in [-0.3, -0.25) is 0 Å². The maximum Gasteiger partial charge on any atom is 0.317 e. The second-order valence-electron chi connectivity index (χ2n) is 6.45. The van der Waals surface area contributed by atoms with Crippen LogP contribution in [-0.2, 0) is 6.42 Å². The molecule has 2 heterocycles. The van der Waals surface area contributed by atoms with Gasteiger partial charge in [-0.1, -0.05) is 35.5 Å². The molecular formula is C18H24N4O2. The molecule has 6 nitrogen and oxygen atoms in total. The van der Waals surface area contributed by atoms with E-state index in [1.165, 1.54) is 0 Å². The highest BCUT2D eigenvalue weighted by Crippen LogP contribution is 2.21. The number of carbonyl (C=O) groups is 1. The Bertz CT molecular complexity index is 663. The van der Waals surface area contributed by atoms with E-state index in [0.717, 1.165) is 43.7 Å². The van der Waals surface area contributed by atoms with E-state index in [9.17, 15) is 4.79 Å². The van der Waals surface area contributed by atoms with Gasteiger partial charge in [-0.15, -0.1) is 0 Å². The number of hydrogen-bond donors (Lipinski definition) is 1. The van der Waals surface area contributed by atoms with Crippen LogP contribution in [0.3, 0.4) is 0 Å². The lowest BCUT2D eigenvalue weighted by molar-refractivity contribution is 0.167. The average Bonchev–Trinajstić information content (AvgIpc) is 3.01. The smallest absolute Gasteiger partial charge is 0.317 e. The first-order chi connectivity index (χ1) is 11.6. The Morgan fingerprint density at radius 1 is 1.33 bits per heavy atom. The Balaban J connectivity index is 1.46. The van der Waals surface area contributed by atoms with Crippen LogP contribution in [0, 0.1) is 12.8 Å². The van der Waals surface area contributed by atoms with E-state index in [2.05, 4.69) is 15.5 Å². The summed E-state index contributed by atoms with van der Waals surface area (Å²) in [4.78, 5) is 18.6. The summed E-state index contributed by atoms with van der Waals surface area (Å²) in [5.41, 5.74) is 1.12. The predicted octanol–water partition coefficient (Wildman–Crippen LogP) is 3.10. The van der Waals surface area contributed by atoms with Crippen LogP contribution in [0.1, 0.15) is 43.1 Å². The van der Waals surface area contributed by atoms with E-state index < -0.39 is 0 Å². The number of carbonyl (C=O) groups excluding carboxylic acids is 1. The lowest BCUT2D eigenvalue weighted by Crippen LogP contribution is -2.45. The molecule has 0 bridgehead atoms. The quantitative estimate of drug-likeness (QED) is 0.936. The van der Waals surface area contributed by atoms with Crippen molar-refractivity contribution < 1.29 is 9.32 Å². The molecule has 2 amide bonds. The van der Waals surface area contributed by atoms with Gasteiger partial charge in [-0.05, 0) is 31.2 Å². The zero-order valence-corrected chi connectivity index (χ0v) is 14.2. The molecule has 2 aromatic rings. The summed E-state index contributed by atoms with van der Waals surface area (Å²) in [6.45, 7) is 5.36. The molecule has 0 unspecified atom stereocenters. The van der Waals surface area contributed by atoms with Gasteiger partial charge in [0.05, 0.1) is 6.04 Å². The topological polar surface area (TPSA) is 71.3 Å². The summed E-state index contributed by atoms with van der Waals surface area (Å²) < 4.78 is 5.02. The molecule has 1 aliphatic heterocycles. The van der Waals surface area contributed by atoms with Crippen LogP contribution in [0.2, 0.25) is 0 Å². The molecule has 1 fully saturated rings. The predicted molar refractivity (Wildman–Crippen MR) is 90.4 cm³/mol. The van der Waals surface area contributed by atoms with Gasteiger partial charge in [0, 0.05) is 26.4 Å². The summed E-state index contributed by atoms with van der Waals surface area (Å²) in [5, 5.41) is 7.04. The highest BCUT2D eigenvalue weighted by atomic mass is 16.5. The Morgan fingerprint density at radius 2 is 2.04 bits per heavy atom. The van der Waals surface area contributed by atoms with E-state index >= 15 is 0 Å². The molecule has 0 spiro atoms. The monoisotopic (exact) mass is 328 g/mol. The first-order valence-electron chi connectivity index (χ1n) is 8.51. The zero-order chi connectivity index (χ0) is 16.9. The highest BCUT2D eigenvalue weighted by molar-refractivity contribution is 5.74. The number of rotatable bonds is 4. The van der Waals surface area contributed by atoms with Crippen molar-refractivity contribution in [1.82, 2.24) is 20.4 Å². The van der Waals surface area contributed by atoms with E-state index in [4.69, 9.17) is 4.52 Å². The number of aromatic nitrogens is 2. The molecule has 128 valence electrons. The van der Waals surface area contributed by atoms with Crippen LogP contribution in [0.25, 0.3) is 0 Å². The second-order valence-corrected chi connectivity index (χ2v) is 6.45. The van der Waals surface area contributed by atoms with Gasteiger partial charge in [0.15, 0.2) is 5.82 Å². The molecule has 1 atom stereocenters. The van der Waals surface area contributed by atoms with Crippen molar-refractivity contribution in [3.63, 3.8) is 0 Å². The summed E-state index contributed by atoms with van der Waals surface area (Å²) >= 11 is 0. The van der Waals surface area contributed by atoms with Gasteiger partial charge < -0.3 is 14.7 Å². The number of hydrogen-bond acceptors (Lipinski definition) is 4. The van der Waals surface area contributed by atoms with Crippen molar-refractivity contribution in [2.24, 2.45) is 5.92 Å². The van der Waals surface area contributed by atoms with E-state index in [0.29, 0.717) is 11.8 Å². The Hall–Kier alpha value is -2.37. The highest BCUT2D eigenvalue weighted by Gasteiger charge is 2.25. The van der Waals surface area contributed by atoms with Crippen LogP contribution in [-0.4, -0.2) is 34.2 Å². The van der Waals surface area contributed by atoms with Crippen molar-refractivity contribution in [2.45, 2.75) is 39.2 Å². The van der Waals surface area contributed by atoms with Crippen molar-refractivity contribution in [3.8, 4) is 0 Å². The SMILES string of the molecule is Cc1nc(CC2CCN(C(=O)N[C@H](C)c3ccccc3)CC2)no1. The number of likely N-dealkylation sites (tertiary alicyclic amines) is 1. The molecule has 0 aliphatic carbocycles. The second kappa shape index (κ2) is 7.47. The third-order valence-electron chi connectivity index (χ3n) is 4.58. The number of benzene rings is 1. The molecule has 1 aromatic heterocycles. The van der Waals surface area contributed by atoms with Gasteiger partial charge in [0.1, 0.15) is 0 Å². The first-order valence-corrected chi connectivity index (χ1v) is 8.51. The van der Waals surface area contributed by atoms with E-state index in [1.807, 2.05) is 42.2 Å². The van der Waals surface area contributed by atoms with Crippen LogP contribution >= 0.6 is 0 Å². The van der Waals surface area contributed by atoms with Crippen molar-refractivity contribution in [1.29, 1.82) is 0 Å². The van der Waals surface area contributed by atoms with Gasteiger partial charge in [-0.25, -0.2) is 4.79 Å². The fourth-order valence-corrected chi connectivity index (χ4v) is 3.12. The summed E-state index contributed by atoms with van der Waals surface area (Å²) in [7, 11) is 0. The minimum atomic E-state index is 0.0127. The van der Waals surface area contributed by atoms with Crippen LogP contribution in [0.15, 0.2) is 34.9 Å². The number of amides is 2. The third-order valence-corrected chi connectivity index (χ3v) is 4.58. The first kappa shape index (κ1) is 16.5. The molecule has 0 radical (unpaired) electrons. The van der Waals surface area contributed by atoms with Gasteiger partial charge in [-0.2, -0.15) is 4.98 Å². The molecule has 24 heavy (non-hydrogen) atoms.